The number of ether oxygens (including phenoxy) is 3. The van der Waals surface area contributed by atoms with E-state index < -0.39 is 69.5 Å². The SMILES string of the molecule is [B]Cc1c(C[B])c(C[B])c(C(=O)OC(CS(=O)(=O)O)C(F)(F)F)c(C(=O)OCC2(C)CCO2)c1C[B]. The Balaban J connectivity index is 2.70. The fourth-order valence-electron chi connectivity index (χ4n) is 3.79. The zero-order valence-electron chi connectivity index (χ0n) is 19.4. The molecule has 0 aliphatic carbocycles. The molecule has 2 atom stereocenters. The maximum absolute atomic E-state index is 13.4. The fraction of sp³-hybridized carbons (Fsp3) is 0.600. The molecule has 0 amide bonds. The molecule has 1 saturated heterocycles. The minimum absolute atomic E-state index is 0.0230. The molecule has 1 aliphatic rings. The summed E-state index contributed by atoms with van der Waals surface area (Å²) in [7, 11) is 18.0. The first-order valence-electron chi connectivity index (χ1n) is 10.7. The van der Waals surface area contributed by atoms with Crippen molar-refractivity contribution in [3.63, 3.8) is 0 Å². The minimum Gasteiger partial charge on any atom is -0.459 e. The van der Waals surface area contributed by atoms with Crippen LogP contribution in [0.15, 0.2) is 0 Å². The molecular weight excluding hydrogens is 501 g/mol. The van der Waals surface area contributed by atoms with Crippen LogP contribution in [0.2, 0.25) is 0 Å². The van der Waals surface area contributed by atoms with Gasteiger partial charge in [-0.25, -0.2) is 9.59 Å². The van der Waals surface area contributed by atoms with Crippen molar-refractivity contribution in [3.05, 3.63) is 33.4 Å². The van der Waals surface area contributed by atoms with Crippen LogP contribution in [0.1, 0.15) is 56.3 Å². The van der Waals surface area contributed by atoms with E-state index in [0.29, 0.717) is 13.0 Å². The van der Waals surface area contributed by atoms with Crippen LogP contribution in [0.4, 0.5) is 13.2 Å². The molecule has 0 aromatic heterocycles. The van der Waals surface area contributed by atoms with E-state index in [4.69, 9.17) is 45.4 Å². The number of hydrogen-bond acceptors (Lipinski definition) is 7. The summed E-state index contributed by atoms with van der Waals surface area (Å²) < 4.78 is 86.5. The highest BCUT2D eigenvalue weighted by Gasteiger charge is 2.46. The van der Waals surface area contributed by atoms with Gasteiger partial charge in [-0.05, 0) is 18.1 Å². The van der Waals surface area contributed by atoms with E-state index >= 15 is 0 Å². The van der Waals surface area contributed by atoms with Crippen molar-refractivity contribution >= 4 is 53.4 Å². The van der Waals surface area contributed by atoms with E-state index in [1.165, 1.54) is 0 Å². The first-order valence-corrected chi connectivity index (χ1v) is 12.3. The monoisotopic (exact) mass is 522 g/mol. The Morgan fingerprint density at radius 2 is 1.44 bits per heavy atom. The van der Waals surface area contributed by atoms with Gasteiger partial charge < -0.3 is 14.2 Å². The van der Waals surface area contributed by atoms with Crippen LogP contribution in [-0.2, 0) is 49.6 Å². The number of rotatable bonds is 11. The maximum Gasteiger partial charge on any atom is 0.426 e. The number of halogens is 3. The Morgan fingerprint density at radius 3 is 1.78 bits per heavy atom. The standard InChI is InChI=1S/C20H21B4F3O8S/c1-19(2-3-34-19)9-33-17(28)15-12(6-23)10(4-21)11(5-22)13(7-24)16(15)18(29)35-14(20(25,26)27)8-36(30,31)32/h14H,2-9H2,1H3,(H,30,31,32). The molecule has 1 heterocycles. The zero-order valence-corrected chi connectivity index (χ0v) is 20.2. The molecule has 8 radical (unpaired) electrons. The highest BCUT2D eigenvalue weighted by atomic mass is 32.2. The molecule has 1 aromatic carbocycles. The van der Waals surface area contributed by atoms with E-state index in [-0.39, 0.29) is 41.5 Å². The number of carbonyl (C=O) groups is 2. The number of hydrogen-bond donors (Lipinski definition) is 1. The lowest BCUT2D eigenvalue weighted by molar-refractivity contribution is -0.197. The molecule has 1 aromatic rings. The Hall–Kier alpha value is -1.92. The Labute approximate surface area is 212 Å². The average Bonchev–Trinajstić information content (AvgIpc) is 2.76. The van der Waals surface area contributed by atoms with Crippen molar-refractivity contribution in [2.45, 2.75) is 56.5 Å². The largest absolute Gasteiger partial charge is 0.459 e. The van der Waals surface area contributed by atoms with Crippen LogP contribution in [0, 0.1) is 0 Å². The number of carbonyl (C=O) groups excluding carboxylic acids is 2. The highest BCUT2D eigenvalue weighted by molar-refractivity contribution is 7.85. The van der Waals surface area contributed by atoms with E-state index in [0.717, 1.165) is 0 Å². The van der Waals surface area contributed by atoms with Crippen molar-refractivity contribution in [1.29, 1.82) is 0 Å². The summed E-state index contributed by atoms with van der Waals surface area (Å²) >= 11 is 0. The predicted molar refractivity (Wildman–Crippen MR) is 125 cm³/mol. The third kappa shape index (κ3) is 6.89. The fourth-order valence-corrected chi connectivity index (χ4v) is 4.43. The van der Waals surface area contributed by atoms with Gasteiger partial charge in [-0.2, -0.15) is 21.6 Å². The van der Waals surface area contributed by atoms with Gasteiger partial charge in [0.2, 0.25) is 6.10 Å². The zero-order chi connectivity index (χ0) is 27.5. The average molecular weight is 522 g/mol. The van der Waals surface area contributed by atoms with Crippen molar-refractivity contribution in [2.24, 2.45) is 0 Å². The Morgan fingerprint density at radius 1 is 1.00 bits per heavy atom. The summed E-state index contributed by atoms with van der Waals surface area (Å²) in [5.41, 5.74) is -1.80. The van der Waals surface area contributed by atoms with Crippen LogP contribution in [-0.4, -0.2) is 93.1 Å². The van der Waals surface area contributed by atoms with E-state index in [9.17, 15) is 31.2 Å². The smallest absolute Gasteiger partial charge is 0.426 e. The molecule has 8 nitrogen and oxygen atoms in total. The normalized spacial score (nSPS) is 18.8. The second kappa shape index (κ2) is 11.6. The number of benzene rings is 1. The molecular formula is C20H21B4F3O8S. The van der Waals surface area contributed by atoms with Gasteiger partial charge in [0.15, 0.2) is 0 Å². The van der Waals surface area contributed by atoms with Gasteiger partial charge in [0.25, 0.3) is 10.1 Å². The van der Waals surface area contributed by atoms with Crippen molar-refractivity contribution in [2.75, 3.05) is 19.0 Å². The highest BCUT2D eigenvalue weighted by Crippen LogP contribution is 2.33. The summed E-state index contributed by atoms with van der Waals surface area (Å²) in [6.07, 6.45) is -9.43. The third-order valence-electron chi connectivity index (χ3n) is 5.74. The Bertz CT molecular complexity index is 1110. The number of esters is 2. The maximum atomic E-state index is 13.4. The lowest BCUT2D eigenvalue weighted by atomic mass is 9.72. The first kappa shape index (κ1) is 30.3. The quantitative estimate of drug-likeness (QED) is 0.257. The van der Waals surface area contributed by atoms with Crippen molar-refractivity contribution in [3.8, 4) is 0 Å². The van der Waals surface area contributed by atoms with Gasteiger partial charge >= 0.3 is 18.1 Å². The lowest BCUT2D eigenvalue weighted by Crippen LogP contribution is -2.45. The second-order valence-electron chi connectivity index (χ2n) is 8.29. The van der Waals surface area contributed by atoms with E-state index in [1.807, 2.05) is 0 Å². The molecule has 1 N–H and O–H groups in total. The van der Waals surface area contributed by atoms with Gasteiger partial charge in [-0.3, -0.25) is 4.55 Å². The summed E-state index contributed by atoms with van der Waals surface area (Å²) in [4.78, 5) is 26.3. The molecule has 2 unspecified atom stereocenters. The first-order chi connectivity index (χ1) is 16.6. The summed E-state index contributed by atoms with van der Waals surface area (Å²) in [5.74, 6) is -4.85. The van der Waals surface area contributed by atoms with Crippen LogP contribution in [0.3, 0.4) is 0 Å². The van der Waals surface area contributed by atoms with Gasteiger partial charge in [-0.15, -0.1) is 0 Å². The Kier molecular flexibility index (Phi) is 9.80. The molecule has 16 heteroatoms. The van der Waals surface area contributed by atoms with Gasteiger partial charge in [0, 0.05) is 6.42 Å². The third-order valence-corrected chi connectivity index (χ3v) is 6.46. The summed E-state index contributed by atoms with van der Waals surface area (Å²) in [5, 5.41) is 0. The van der Waals surface area contributed by atoms with Crippen molar-refractivity contribution < 1.29 is 49.9 Å². The van der Waals surface area contributed by atoms with Crippen LogP contribution in [0.5, 0.6) is 0 Å². The molecule has 36 heavy (non-hydrogen) atoms. The van der Waals surface area contributed by atoms with E-state index in [1.54, 1.807) is 6.92 Å². The minimum atomic E-state index is -5.38. The van der Waals surface area contributed by atoms with Crippen molar-refractivity contribution in [1.82, 2.24) is 0 Å². The topological polar surface area (TPSA) is 116 Å². The molecule has 1 aliphatic heterocycles. The molecule has 188 valence electrons. The number of alkyl halides is 3. The van der Waals surface area contributed by atoms with Crippen LogP contribution < -0.4 is 0 Å². The van der Waals surface area contributed by atoms with Crippen LogP contribution >= 0.6 is 0 Å². The summed E-state index contributed by atoms with van der Waals surface area (Å²) in [6, 6.07) is 0. The molecule has 0 bridgehead atoms. The summed E-state index contributed by atoms with van der Waals surface area (Å²) in [6.45, 7) is 1.86. The van der Waals surface area contributed by atoms with Gasteiger partial charge in [-0.1, -0.05) is 36.4 Å². The lowest BCUT2D eigenvalue weighted by Gasteiger charge is -2.37. The molecule has 1 fully saturated rings. The van der Waals surface area contributed by atoms with Gasteiger partial charge in [0.05, 0.1) is 49.1 Å². The van der Waals surface area contributed by atoms with E-state index in [2.05, 4.69) is 4.74 Å². The van der Waals surface area contributed by atoms with Crippen LogP contribution in [0.25, 0.3) is 0 Å². The van der Waals surface area contributed by atoms with Gasteiger partial charge in [0.1, 0.15) is 18.0 Å². The second-order valence-corrected chi connectivity index (χ2v) is 9.79. The predicted octanol–water partition coefficient (Wildman–Crippen LogP) is 0.672. The molecule has 2 rings (SSSR count). The molecule has 0 saturated carbocycles. The molecule has 0 spiro atoms.